The molecule has 20 heteroatoms. The predicted molar refractivity (Wildman–Crippen MR) is 547 cm³/mol. The van der Waals surface area contributed by atoms with E-state index in [1.165, 1.54) is 54.0 Å². The van der Waals surface area contributed by atoms with Crippen LogP contribution >= 0.6 is 0 Å². The number of aromatic nitrogens is 14. The summed E-state index contributed by atoms with van der Waals surface area (Å²) >= 11 is 0. The number of nitrogens with zero attached hydrogens (tertiary/aromatic N) is 14. The molecule has 0 saturated heterocycles. The van der Waals surface area contributed by atoms with Crippen molar-refractivity contribution in [3.63, 3.8) is 0 Å². The van der Waals surface area contributed by atoms with Crippen LogP contribution in [-0.4, -0.2) is 80.7 Å². The van der Waals surface area contributed by atoms with Gasteiger partial charge in [-0.05, 0) is 100 Å². The number of pyridine rings is 4. The number of aryl methyl sites for hydroxylation is 3. The Bertz CT molecular complexity index is 6330. The number of aliphatic hydroxyl groups is 1. The summed E-state index contributed by atoms with van der Waals surface area (Å²) in [5, 5.41) is 9.56. The van der Waals surface area contributed by atoms with Gasteiger partial charge < -0.3 is 25.0 Å². The number of carbonyl (C=O) groups is 1. The first-order valence-electron chi connectivity index (χ1n) is 46.1. The van der Waals surface area contributed by atoms with Crippen LogP contribution in [0, 0.1) is 42.0 Å². The topological polar surface area (TPSA) is 218 Å². The maximum atomic E-state index is 11.5. The van der Waals surface area contributed by atoms with Crippen LogP contribution in [0.3, 0.4) is 0 Å². The van der Waals surface area contributed by atoms with Crippen LogP contribution in [0.1, 0.15) is 204 Å². The Kier molecular flexibility index (Phi) is 41.1. The van der Waals surface area contributed by atoms with Crippen molar-refractivity contribution in [1.29, 1.82) is 0 Å². The summed E-state index contributed by atoms with van der Waals surface area (Å²) in [6.45, 7) is 43.5. The second-order valence-electron chi connectivity index (χ2n) is 39.6. The molecule has 138 heavy (non-hydrogen) atoms. The van der Waals surface area contributed by atoms with E-state index < -0.39 is 5.41 Å². The van der Waals surface area contributed by atoms with Gasteiger partial charge in [-0.3, -0.25) is 4.79 Å². The quantitative estimate of drug-likeness (QED) is 0.0452. The molecule has 0 aliphatic heterocycles. The molecule has 8 aromatic carbocycles. The van der Waals surface area contributed by atoms with E-state index in [0.717, 1.165) is 131 Å². The number of allylic oxidation sites excluding steroid dienone is 2. The number of ketones is 1. The molecule has 16 aromatic rings. The van der Waals surface area contributed by atoms with Crippen molar-refractivity contribution < 1.29 is 90.3 Å². The first-order chi connectivity index (χ1) is 63.8. The van der Waals surface area contributed by atoms with Crippen molar-refractivity contribution in [2.24, 2.45) is 10.8 Å². The Labute approximate surface area is 872 Å². The molecule has 8 heterocycles. The average Bonchev–Trinajstić information content (AvgIpc) is 0.793. The molecule has 0 bridgehead atoms. The van der Waals surface area contributed by atoms with Gasteiger partial charge in [-0.2, -0.15) is 0 Å². The SMILES string of the molecule is CC(C)(C)C(=O)C=C(O)C(C)(C)C.CC(C)(C)c1ccc(-c2nc(-c3ccc(C(C)(C)C)cc3)nc(-c3ccc(-c4[c-]cccc4)nc3)n2)cc1.CC(C)(C)c1nc(-c2ccc(-c3[c-]cccc3)nc2)nc(C(C)(C)C)n1.CCCCc1ccc(-c2cc(-c3ccc(CCCC)cc3)nc(-c3ccc(-c4[c-]cccc4)nc3)n2)cc1.Cc1cnc(-c2ccc(-c3[c-]cccc3)nc2)nc1.[Ir].[Ir].[Ir].[Ir]. The van der Waals surface area contributed by atoms with Crippen LogP contribution in [0.15, 0.2) is 298 Å². The van der Waals surface area contributed by atoms with Gasteiger partial charge in [-0.1, -0.05) is 297 Å². The molecule has 4 radical (unpaired) electrons. The first-order valence-corrected chi connectivity index (χ1v) is 46.1. The Hall–Kier alpha value is -11.7. The molecule has 0 saturated carbocycles. The number of unbranched alkanes of at least 4 members (excludes halogenated alkanes) is 2. The van der Waals surface area contributed by atoms with Gasteiger partial charge >= 0.3 is 0 Å². The molecule has 0 atom stereocenters. The van der Waals surface area contributed by atoms with E-state index in [0.29, 0.717) is 34.9 Å². The summed E-state index contributed by atoms with van der Waals surface area (Å²) in [6.07, 6.45) is 19.3. The summed E-state index contributed by atoms with van der Waals surface area (Å²) in [7, 11) is 0. The standard InChI is InChI=1S/C35H34N3.C34H33N4.C22H25N4.C16H12N3.C11H20O2.4Ir/c1-3-5-10-26-14-18-29(19-15-26)33-24-34(30-20-16-27(17-21-30)11-6-4-2)38-35(37-33)31-22-23-32(36-25-31)28-12-8-7-9-13-28;1-33(2,3)27-17-12-24(13-18-27)30-36-31(25-14-19-28(20-15-25)34(4,5)6)38-32(37-30)26-16-21-29(35-22-26)23-10-8-7-9-11-23;1-21(2,3)19-24-18(25-20(26-19)22(4,5)6)16-12-13-17(23-14-16)15-10-8-7-9-11-15;1-12-9-18-16(19-10-12)14-7-8-15(17-11-14)13-5-3-2-4-6-13;1-10(2,3)8(12)7-9(13)11(4,5)6;;;;/h7-9,12,14-25H,3-6,10-11H2,1-2H3;7-10,12-22H,1-6H3;7-10,12-14H,1-6H3;2-5,7-11H,1H3;7,12H,1-6H3;;;;/q4*-1;;;;;. The largest absolute Gasteiger partial charge is 0.512 e. The maximum Gasteiger partial charge on any atom is 0.165 e. The second kappa shape index (κ2) is 50.8. The van der Waals surface area contributed by atoms with Crippen molar-refractivity contribution in [3.8, 4) is 136 Å². The van der Waals surface area contributed by atoms with Crippen molar-refractivity contribution in [2.45, 2.75) is 206 Å². The van der Waals surface area contributed by atoms with Gasteiger partial charge in [0.15, 0.2) is 40.7 Å². The zero-order valence-electron chi connectivity index (χ0n) is 82.9. The van der Waals surface area contributed by atoms with Crippen LogP contribution in [0.4, 0.5) is 0 Å². The molecule has 0 amide bonds. The van der Waals surface area contributed by atoms with Crippen molar-refractivity contribution in [3.05, 3.63) is 361 Å². The van der Waals surface area contributed by atoms with Gasteiger partial charge in [0.25, 0.3) is 0 Å². The van der Waals surface area contributed by atoms with Gasteiger partial charge in [-0.25, -0.2) is 49.8 Å². The molecular formula is C118H124Ir4N14O2-4. The van der Waals surface area contributed by atoms with Gasteiger partial charge in [-0.15, -0.1) is 144 Å². The summed E-state index contributed by atoms with van der Waals surface area (Å²) in [4.78, 5) is 77.3. The normalized spacial score (nSPS) is 11.4. The first kappa shape index (κ1) is 112. The van der Waals surface area contributed by atoms with Gasteiger partial charge in [0.05, 0.1) is 11.4 Å². The van der Waals surface area contributed by atoms with E-state index in [2.05, 4.69) is 249 Å². The predicted octanol–water partition coefficient (Wildman–Crippen LogP) is 28.7. The zero-order chi connectivity index (χ0) is 96.0. The monoisotopic (exact) mass is 2540 g/mol. The molecule has 0 fully saturated rings. The number of carbonyl (C=O) groups excluding carboxylic acids is 1. The van der Waals surface area contributed by atoms with E-state index in [-0.39, 0.29) is 119 Å². The molecule has 718 valence electrons. The third kappa shape index (κ3) is 32.2. The average molecular weight is 2540 g/mol. The Morgan fingerprint density at radius 1 is 0.297 bits per heavy atom. The molecule has 0 aliphatic carbocycles. The molecule has 0 unspecified atom stereocenters. The van der Waals surface area contributed by atoms with Crippen LogP contribution in [0.25, 0.3) is 136 Å². The molecule has 0 aliphatic rings. The second-order valence-corrected chi connectivity index (χ2v) is 39.6. The minimum Gasteiger partial charge on any atom is -0.512 e. The zero-order valence-corrected chi connectivity index (χ0v) is 92.5. The van der Waals surface area contributed by atoms with E-state index >= 15 is 0 Å². The van der Waals surface area contributed by atoms with Crippen molar-refractivity contribution in [1.82, 2.24) is 69.8 Å². The van der Waals surface area contributed by atoms with E-state index in [1.807, 2.05) is 213 Å². The fourth-order valence-corrected chi connectivity index (χ4v) is 13.5. The maximum absolute atomic E-state index is 11.5. The van der Waals surface area contributed by atoms with Crippen molar-refractivity contribution >= 4 is 5.78 Å². The fourth-order valence-electron chi connectivity index (χ4n) is 13.5. The van der Waals surface area contributed by atoms with Crippen LogP contribution in [0.5, 0.6) is 0 Å². The van der Waals surface area contributed by atoms with Crippen LogP contribution in [0.2, 0.25) is 0 Å². The molecule has 0 spiro atoms. The number of hydrogen-bond acceptors (Lipinski definition) is 16. The Morgan fingerprint density at radius 3 is 0.855 bits per heavy atom. The summed E-state index contributed by atoms with van der Waals surface area (Å²) in [5.41, 5.74) is 22.3. The Balaban J connectivity index is 0.000000220. The summed E-state index contributed by atoms with van der Waals surface area (Å²) < 4.78 is 0. The van der Waals surface area contributed by atoms with Gasteiger partial charge in [0.1, 0.15) is 17.4 Å². The third-order valence-electron chi connectivity index (χ3n) is 22.1. The Morgan fingerprint density at radius 2 is 0.587 bits per heavy atom. The molecule has 8 aromatic heterocycles. The minimum atomic E-state index is -0.417. The molecule has 16 nitrogen and oxygen atoms in total. The van der Waals surface area contributed by atoms with Gasteiger partial charge in [0.2, 0.25) is 0 Å². The fraction of sp³-hybridized carbons (Fsp3) is 0.280. The minimum absolute atomic E-state index is 0. The van der Waals surface area contributed by atoms with Crippen LogP contribution < -0.4 is 0 Å². The number of rotatable bonds is 19. The number of hydrogen-bond donors (Lipinski definition) is 1. The summed E-state index contributed by atoms with van der Waals surface area (Å²) in [6, 6.07) is 96.9. The van der Waals surface area contributed by atoms with Crippen molar-refractivity contribution in [2.75, 3.05) is 0 Å². The van der Waals surface area contributed by atoms with E-state index in [9.17, 15) is 9.90 Å². The smallest absolute Gasteiger partial charge is 0.165 e. The molecule has 16 rings (SSSR count). The molecular weight excluding hydrogens is 2410 g/mol. The number of aliphatic hydroxyl groups excluding tert-OH is 1. The summed E-state index contributed by atoms with van der Waals surface area (Å²) in [5.74, 6) is 5.64. The van der Waals surface area contributed by atoms with Crippen LogP contribution in [-0.2, 0) is 120 Å². The van der Waals surface area contributed by atoms with E-state index in [1.54, 1.807) is 18.6 Å². The van der Waals surface area contributed by atoms with E-state index in [4.69, 9.17) is 44.9 Å². The number of benzene rings is 8. The third-order valence-corrected chi connectivity index (χ3v) is 22.1. The van der Waals surface area contributed by atoms with Gasteiger partial charge in [0, 0.05) is 190 Å². The molecule has 1 N–H and O–H groups in total.